The van der Waals surface area contributed by atoms with E-state index in [0.717, 1.165) is 16.9 Å². The van der Waals surface area contributed by atoms with Crippen LogP contribution >= 0.6 is 0 Å². The van der Waals surface area contributed by atoms with E-state index in [1.54, 1.807) is 0 Å². The molecule has 0 fully saturated rings. The number of ether oxygens (including phenoxy) is 1. The van der Waals surface area contributed by atoms with Crippen LogP contribution in [0.25, 0.3) is 0 Å². The summed E-state index contributed by atoms with van der Waals surface area (Å²) in [5.74, 6) is -0.458. The molecule has 1 aliphatic rings. The Morgan fingerprint density at radius 2 is 2.35 bits per heavy atom. The fourth-order valence-electron chi connectivity index (χ4n) is 2.33. The second-order valence-electron chi connectivity index (χ2n) is 4.32. The number of benzene rings is 1. The number of carboxylic acid groups (broad SMARTS) is 1. The number of aliphatic carboxylic acids is 1. The molecule has 0 bridgehead atoms. The van der Waals surface area contributed by atoms with E-state index >= 15 is 0 Å². The first-order chi connectivity index (χ1) is 8.17. The van der Waals surface area contributed by atoms with Crippen LogP contribution in [0.15, 0.2) is 18.2 Å². The fraction of sp³-hybridized carbons (Fsp3) is 0.462. The second-order valence-corrected chi connectivity index (χ2v) is 4.32. The first-order valence-corrected chi connectivity index (χ1v) is 5.87. The first kappa shape index (κ1) is 11.9. The van der Waals surface area contributed by atoms with Crippen LogP contribution in [0.1, 0.15) is 24.5 Å². The Bertz CT molecular complexity index is 431. The molecule has 4 nitrogen and oxygen atoms in total. The first-order valence-electron chi connectivity index (χ1n) is 5.87. The van der Waals surface area contributed by atoms with Gasteiger partial charge in [0.2, 0.25) is 0 Å². The molecule has 1 aromatic rings. The highest BCUT2D eigenvalue weighted by atomic mass is 16.5. The van der Waals surface area contributed by atoms with E-state index < -0.39 is 11.9 Å². The molecule has 0 saturated carbocycles. The monoisotopic (exact) mass is 235 g/mol. The third-order valence-electron chi connectivity index (χ3n) is 3.28. The molecule has 0 aromatic heterocycles. The van der Waals surface area contributed by atoms with Crippen LogP contribution in [0.4, 0.5) is 0 Å². The van der Waals surface area contributed by atoms with Gasteiger partial charge in [-0.2, -0.15) is 0 Å². The third kappa shape index (κ3) is 2.13. The SMILES string of the molecule is CCC1Oc2c(CN)cccc2CC1C(=O)O. The van der Waals surface area contributed by atoms with Crippen LogP contribution in [-0.2, 0) is 17.8 Å². The summed E-state index contributed by atoms with van der Waals surface area (Å²) in [6.45, 7) is 2.36. The zero-order chi connectivity index (χ0) is 12.4. The fourth-order valence-corrected chi connectivity index (χ4v) is 2.33. The van der Waals surface area contributed by atoms with E-state index in [1.165, 1.54) is 0 Å². The number of hydrogen-bond donors (Lipinski definition) is 2. The summed E-state index contributed by atoms with van der Waals surface area (Å²) in [6.07, 6.45) is 0.958. The van der Waals surface area contributed by atoms with Crippen molar-refractivity contribution in [1.29, 1.82) is 0 Å². The average molecular weight is 235 g/mol. The van der Waals surface area contributed by atoms with Gasteiger partial charge in [0.25, 0.3) is 0 Å². The summed E-state index contributed by atoms with van der Waals surface area (Å²) in [7, 11) is 0. The van der Waals surface area contributed by atoms with Gasteiger partial charge in [-0.05, 0) is 18.4 Å². The third-order valence-corrected chi connectivity index (χ3v) is 3.28. The van der Waals surface area contributed by atoms with Gasteiger partial charge in [0.15, 0.2) is 0 Å². The zero-order valence-electron chi connectivity index (χ0n) is 9.85. The van der Waals surface area contributed by atoms with Crippen molar-refractivity contribution in [1.82, 2.24) is 0 Å². The Hall–Kier alpha value is -1.55. The van der Waals surface area contributed by atoms with Crippen LogP contribution in [-0.4, -0.2) is 17.2 Å². The van der Waals surface area contributed by atoms with Gasteiger partial charge in [-0.1, -0.05) is 25.1 Å². The molecule has 2 atom stereocenters. The Morgan fingerprint density at radius 3 is 2.94 bits per heavy atom. The molecule has 17 heavy (non-hydrogen) atoms. The highest BCUT2D eigenvalue weighted by Gasteiger charge is 2.34. The topological polar surface area (TPSA) is 72.5 Å². The maximum Gasteiger partial charge on any atom is 0.310 e. The molecule has 0 aliphatic carbocycles. The molecule has 0 saturated heterocycles. The van der Waals surface area contributed by atoms with Gasteiger partial charge in [0, 0.05) is 12.1 Å². The molecular formula is C13H17NO3. The van der Waals surface area contributed by atoms with Gasteiger partial charge in [0.05, 0.1) is 5.92 Å². The highest BCUT2D eigenvalue weighted by Crippen LogP contribution is 2.35. The minimum Gasteiger partial charge on any atom is -0.489 e. The second kappa shape index (κ2) is 4.75. The predicted molar refractivity (Wildman–Crippen MR) is 63.9 cm³/mol. The van der Waals surface area contributed by atoms with Gasteiger partial charge >= 0.3 is 5.97 Å². The van der Waals surface area contributed by atoms with E-state index in [-0.39, 0.29) is 6.10 Å². The van der Waals surface area contributed by atoms with Gasteiger partial charge in [-0.3, -0.25) is 4.79 Å². The van der Waals surface area contributed by atoms with E-state index in [4.69, 9.17) is 10.5 Å². The minimum atomic E-state index is -0.791. The normalized spacial score (nSPS) is 22.7. The predicted octanol–water partition coefficient (Wildman–Crippen LogP) is 1.56. The molecule has 3 N–H and O–H groups in total. The van der Waals surface area contributed by atoms with Crippen molar-refractivity contribution in [3.63, 3.8) is 0 Å². The number of hydrogen-bond acceptors (Lipinski definition) is 3. The number of carboxylic acids is 1. The lowest BCUT2D eigenvalue weighted by Gasteiger charge is -2.31. The molecule has 4 heteroatoms. The van der Waals surface area contributed by atoms with Crippen molar-refractivity contribution in [2.75, 3.05) is 0 Å². The smallest absolute Gasteiger partial charge is 0.310 e. The van der Waals surface area contributed by atoms with E-state index in [2.05, 4.69) is 0 Å². The average Bonchev–Trinajstić information content (AvgIpc) is 2.36. The van der Waals surface area contributed by atoms with Crippen molar-refractivity contribution in [3.8, 4) is 5.75 Å². The maximum atomic E-state index is 11.2. The molecule has 92 valence electrons. The number of fused-ring (bicyclic) bond motifs is 1. The van der Waals surface area contributed by atoms with Gasteiger partial charge in [-0.15, -0.1) is 0 Å². The summed E-state index contributed by atoms with van der Waals surface area (Å²) in [4.78, 5) is 11.2. The van der Waals surface area contributed by atoms with Gasteiger partial charge in [-0.25, -0.2) is 0 Å². The van der Waals surface area contributed by atoms with Crippen molar-refractivity contribution < 1.29 is 14.6 Å². The number of rotatable bonds is 3. The summed E-state index contributed by atoms with van der Waals surface area (Å²) in [5.41, 5.74) is 7.56. The number of para-hydroxylation sites is 1. The summed E-state index contributed by atoms with van der Waals surface area (Å²) in [6, 6.07) is 5.73. The lowest BCUT2D eigenvalue weighted by molar-refractivity contribution is -0.145. The molecule has 2 unspecified atom stereocenters. The Kier molecular flexibility index (Phi) is 3.33. The Labute approximate surface area is 100 Å². The molecule has 1 aliphatic heterocycles. The lowest BCUT2D eigenvalue weighted by atomic mass is 9.88. The summed E-state index contributed by atoms with van der Waals surface area (Å²) >= 11 is 0. The van der Waals surface area contributed by atoms with Crippen LogP contribution in [0, 0.1) is 5.92 Å². The van der Waals surface area contributed by atoms with Crippen LogP contribution in [0.3, 0.4) is 0 Å². The van der Waals surface area contributed by atoms with Crippen molar-refractivity contribution in [2.45, 2.75) is 32.4 Å². The quantitative estimate of drug-likeness (QED) is 0.834. The molecule has 0 amide bonds. The van der Waals surface area contributed by atoms with Crippen LogP contribution in [0.5, 0.6) is 5.75 Å². The van der Waals surface area contributed by atoms with E-state index in [9.17, 15) is 9.90 Å². The van der Waals surface area contributed by atoms with E-state index in [1.807, 2.05) is 25.1 Å². The van der Waals surface area contributed by atoms with Crippen LogP contribution in [0.2, 0.25) is 0 Å². The summed E-state index contributed by atoms with van der Waals surface area (Å²) in [5, 5.41) is 9.19. The zero-order valence-corrected chi connectivity index (χ0v) is 9.85. The Morgan fingerprint density at radius 1 is 1.59 bits per heavy atom. The van der Waals surface area contributed by atoms with Crippen LogP contribution < -0.4 is 10.5 Å². The van der Waals surface area contributed by atoms with E-state index in [0.29, 0.717) is 19.4 Å². The van der Waals surface area contributed by atoms with Gasteiger partial charge in [0.1, 0.15) is 11.9 Å². The standard InChI is InChI=1S/C13H17NO3/c1-2-11-10(13(15)16)6-8-4-3-5-9(7-14)12(8)17-11/h3-5,10-11H,2,6-7,14H2,1H3,(H,15,16). The largest absolute Gasteiger partial charge is 0.489 e. The summed E-state index contributed by atoms with van der Waals surface area (Å²) < 4.78 is 5.82. The van der Waals surface area contributed by atoms with Gasteiger partial charge < -0.3 is 15.6 Å². The molecule has 2 rings (SSSR count). The number of carbonyl (C=O) groups is 1. The highest BCUT2D eigenvalue weighted by molar-refractivity contribution is 5.72. The molecule has 1 heterocycles. The molecule has 0 spiro atoms. The van der Waals surface area contributed by atoms with Crippen molar-refractivity contribution in [3.05, 3.63) is 29.3 Å². The molecule has 1 aromatic carbocycles. The maximum absolute atomic E-state index is 11.2. The molecular weight excluding hydrogens is 218 g/mol. The number of nitrogens with two attached hydrogens (primary N) is 1. The van der Waals surface area contributed by atoms with Crippen molar-refractivity contribution >= 4 is 5.97 Å². The minimum absolute atomic E-state index is 0.257. The lowest BCUT2D eigenvalue weighted by Crippen LogP contribution is -2.38. The van der Waals surface area contributed by atoms with Crippen molar-refractivity contribution in [2.24, 2.45) is 11.7 Å². The Balaban J connectivity index is 2.38. The molecule has 0 radical (unpaired) electrons.